The molecule has 0 aliphatic carbocycles. The molecular weight excluding hydrogens is 443 g/mol. The fourth-order valence-electron chi connectivity index (χ4n) is 3.08. The Morgan fingerprint density at radius 1 is 1.28 bits per heavy atom. The molecule has 136 valence electrons. The molecule has 6 heteroatoms. The molecule has 1 N–H and O–H groups in total. The number of para-hydroxylation sites is 1. The van der Waals surface area contributed by atoms with Gasteiger partial charge in [-0.1, -0.05) is 24.3 Å². The number of pyridine rings is 1. The fraction of sp³-hybridized carbons (Fsp3) is 0.474. The molecule has 4 nitrogen and oxygen atoms in total. The van der Waals surface area contributed by atoms with Crippen molar-refractivity contribution in [2.45, 2.75) is 25.0 Å². The van der Waals surface area contributed by atoms with Crippen molar-refractivity contribution in [3.63, 3.8) is 0 Å². The van der Waals surface area contributed by atoms with Gasteiger partial charge in [-0.05, 0) is 26.0 Å². The molecule has 1 fully saturated rings. The van der Waals surface area contributed by atoms with E-state index in [9.17, 15) is 0 Å². The highest BCUT2D eigenvalue weighted by Crippen LogP contribution is 2.29. The number of nitrogens with zero attached hydrogens (tertiary/aromatic N) is 3. The highest BCUT2D eigenvalue weighted by Gasteiger charge is 2.28. The van der Waals surface area contributed by atoms with Gasteiger partial charge in [-0.25, -0.2) is 0 Å². The number of thioether (sulfide) groups is 1. The second-order valence-corrected chi connectivity index (χ2v) is 8.55. The number of benzene rings is 1. The summed E-state index contributed by atoms with van der Waals surface area (Å²) in [6.45, 7) is 7.54. The van der Waals surface area contributed by atoms with Crippen molar-refractivity contribution in [3.05, 3.63) is 42.1 Å². The van der Waals surface area contributed by atoms with E-state index < -0.39 is 0 Å². The molecule has 0 spiro atoms. The first-order chi connectivity index (χ1) is 11.6. The van der Waals surface area contributed by atoms with Crippen LogP contribution in [-0.4, -0.2) is 53.0 Å². The molecule has 1 aromatic heterocycles. The molecule has 0 saturated carbocycles. The van der Waals surface area contributed by atoms with Gasteiger partial charge in [0.05, 0.1) is 5.52 Å². The lowest BCUT2D eigenvalue weighted by Crippen LogP contribution is -2.51. The third-order valence-electron chi connectivity index (χ3n) is 4.26. The van der Waals surface area contributed by atoms with Crippen molar-refractivity contribution in [3.8, 4) is 0 Å². The van der Waals surface area contributed by atoms with Gasteiger partial charge >= 0.3 is 0 Å². The molecule has 0 atom stereocenters. The van der Waals surface area contributed by atoms with Gasteiger partial charge in [0.15, 0.2) is 5.96 Å². The predicted molar refractivity (Wildman–Crippen MR) is 120 cm³/mol. The minimum atomic E-state index is 0. The van der Waals surface area contributed by atoms with Crippen molar-refractivity contribution in [1.29, 1.82) is 0 Å². The maximum absolute atomic E-state index is 4.74. The van der Waals surface area contributed by atoms with E-state index in [0.29, 0.717) is 0 Å². The molecule has 0 amide bonds. The van der Waals surface area contributed by atoms with Crippen LogP contribution in [0.5, 0.6) is 0 Å². The van der Waals surface area contributed by atoms with Crippen LogP contribution in [0.25, 0.3) is 10.9 Å². The standard InChI is InChI=1S/C19H26N4S.HI/c1-19(2)14-23(12-13-24-19)18(20-3)21-11-10-16-9-8-15-6-4-5-7-17(15)22-16;/h4-9H,10-14H2,1-3H3,(H,20,21);1H. The Hall–Kier alpha value is -1.02. The lowest BCUT2D eigenvalue weighted by molar-refractivity contribution is 0.376. The third kappa shape index (κ3) is 5.48. The second kappa shape index (κ2) is 9.07. The van der Waals surface area contributed by atoms with Crippen LogP contribution in [0.2, 0.25) is 0 Å². The monoisotopic (exact) mass is 470 g/mol. The molecule has 0 bridgehead atoms. The van der Waals surface area contributed by atoms with Gasteiger partial charge in [0, 0.05) is 54.7 Å². The summed E-state index contributed by atoms with van der Waals surface area (Å²) in [5.74, 6) is 2.16. The molecule has 1 aliphatic rings. The minimum Gasteiger partial charge on any atom is -0.356 e. The third-order valence-corrected chi connectivity index (χ3v) is 5.55. The van der Waals surface area contributed by atoms with Crippen LogP contribution in [-0.2, 0) is 6.42 Å². The summed E-state index contributed by atoms with van der Waals surface area (Å²) in [5.41, 5.74) is 2.18. The summed E-state index contributed by atoms with van der Waals surface area (Å²) in [6, 6.07) is 12.5. The average molecular weight is 470 g/mol. The number of hydrogen-bond acceptors (Lipinski definition) is 3. The van der Waals surface area contributed by atoms with Crippen molar-refractivity contribution >= 4 is 52.6 Å². The zero-order valence-electron chi connectivity index (χ0n) is 15.2. The Morgan fingerprint density at radius 2 is 2.08 bits per heavy atom. The summed E-state index contributed by atoms with van der Waals surface area (Å²) in [4.78, 5) is 11.6. The number of hydrogen-bond donors (Lipinski definition) is 1. The van der Waals surface area contributed by atoms with Crippen molar-refractivity contribution < 1.29 is 0 Å². The molecule has 0 radical (unpaired) electrons. The number of guanidine groups is 1. The Kier molecular flexibility index (Phi) is 7.37. The predicted octanol–water partition coefficient (Wildman–Crippen LogP) is 3.80. The summed E-state index contributed by atoms with van der Waals surface area (Å²) in [6.07, 6.45) is 0.899. The molecule has 25 heavy (non-hydrogen) atoms. The molecule has 1 aliphatic heterocycles. The van der Waals surface area contributed by atoms with E-state index in [1.165, 1.54) is 5.39 Å². The Morgan fingerprint density at radius 3 is 2.84 bits per heavy atom. The van der Waals surface area contributed by atoms with Gasteiger partial charge in [0.25, 0.3) is 0 Å². The quantitative estimate of drug-likeness (QED) is 0.421. The Bertz CT molecular complexity index is 732. The normalized spacial score (nSPS) is 17.2. The summed E-state index contributed by atoms with van der Waals surface area (Å²) in [7, 11) is 1.87. The number of fused-ring (bicyclic) bond motifs is 1. The first-order valence-electron chi connectivity index (χ1n) is 8.52. The largest absolute Gasteiger partial charge is 0.356 e. The van der Waals surface area contributed by atoms with Crippen LogP contribution in [0.4, 0.5) is 0 Å². The fourth-order valence-corrected chi connectivity index (χ4v) is 4.19. The maximum atomic E-state index is 4.74. The topological polar surface area (TPSA) is 40.5 Å². The lowest BCUT2D eigenvalue weighted by Gasteiger charge is -2.39. The van der Waals surface area contributed by atoms with Gasteiger partial charge in [0.2, 0.25) is 0 Å². The molecule has 1 aromatic carbocycles. The number of aromatic nitrogens is 1. The SMILES string of the molecule is CN=C(NCCc1ccc2ccccc2n1)N1CCSC(C)(C)C1.I. The number of rotatable bonds is 3. The molecule has 3 rings (SSSR count). The van der Waals surface area contributed by atoms with E-state index in [-0.39, 0.29) is 28.7 Å². The van der Waals surface area contributed by atoms with Gasteiger partial charge < -0.3 is 10.2 Å². The van der Waals surface area contributed by atoms with Crippen LogP contribution in [0.15, 0.2) is 41.4 Å². The van der Waals surface area contributed by atoms with Crippen LogP contribution in [0.1, 0.15) is 19.5 Å². The second-order valence-electron chi connectivity index (χ2n) is 6.75. The maximum Gasteiger partial charge on any atom is 0.193 e. The minimum absolute atomic E-state index is 0. The van der Waals surface area contributed by atoms with Gasteiger partial charge in [-0.2, -0.15) is 11.8 Å². The van der Waals surface area contributed by atoms with Crippen molar-refractivity contribution in [2.24, 2.45) is 4.99 Å². The average Bonchev–Trinajstić information content (AvgIpc) is 2.57. The molecule has 2 aromatic rings. The summed E-state index contributed by atoms with van der Waals surface area (Å²) in [5, 5.41) is 4.69. The van der Waals surface area contributed by atoms with Crippen LogP contribution >= 0.6 is 35.7 Å². The molecule has 2 heterocycles. The van der Waals surface area contributed by atoms with E-state index in [2.05, 4.69) is 53.3 Å². The van der Waals surface area contributed by atoms with E-state index in [0.717, 1.165) is 49.0 Å². The molecule has 0 unspecified atom stereocenters. The molecular formula is C19H27IN4S. The highest BCUT2D eigenvalue weighted by molar-refractivity contribution is 14.0. The van der Waals surface area contributed by atoms with E-state index in [1.807, 2.05) is 30.9 Å². The van der Waals surface area contributed by atoms with E-state index >= 15 is 0 Å². The van der Waals surface area contributed by atoms with Crippen molar-refractivity contribution in [2.75, 3.05) is 32.4 Å². The van der Waals surface area contributed by atoms with Crippen LogP contribution < -0.4 is 5.32 Å². The number of aliphatic imine (C=N–C) groups is 1. The Labute approximate surface area is 171 Å². The van der Waals surface area contributed by atoms with Crippen molar-refractivity contribution in [1.82, 2.24) is 15.2 Å². The van der Waals surface area contributed by atoms with E-state index in [1.54, 1.807) is 0 Å². The lowest BCUT2D eigenvalue weighted by atomic mass is 10.2. The van der Waals surface area contributed by atoms with E-state index in [4.69, 9.17) is 4.98 Å². The summed E-state index contributed by atoms with van der Waals surface area (Å²) >= 11 is 2.04. The first kappa shape index (κ1) is 20.3. The van der Waals surface area contributed by atoms with Crippen LogP contribution in [0, 0.1) is 0 Å². The van der Waals surface area contributed by atoms with Gasteiger partial charge in [-0.15, -0.1) is 24.0 Å². The number of halogens is 1. The Balaban J connectivity index is 0.00000225. The zero-order chi connectivity index (χ0) is 17.0. The van der Waals surface area contributed by atoms with Gasteiger partial charge in [-0.3, -0.25) is 9.98 Å². The summed E-state index contributed by atoms with van der Waals surface area (Å²) < 4.78 is 0.287. The highest BCUT2D eigenvalue weighted by atomic mass is 127. The molecule has 1 saturated heterocycles. The van der Waals surface area contributed by atoms with Gasteiger partial charge in [0.1, 0.15) is 0 Å². The number of nitrogens with one attached hydrogen (secondary N) is 1. The smallest absolute Gasteiger partial charge is 0.193 e. The zero-order valence-corrected chi connectivity index (χ0v) is 18.3. The van der Waals surface area contributed by atoms with Crippen LogP contribution in [0.3, 0.4) is 0 Å². The first-order valence-corrected chi connectivity index (χ1v) is 9.50.